The fourth-order valence-electron chi connectivity index (χ4n) is 8.24. The normalized spacial score (nSPS) is 41.5. The fraction of sp³-hybridized carbons (Fsp3) is 0.708. The zero-order valence-corrected chi connectivity index (χ0v) is 17.0. The molecule has 2 heterocycles. The van der Waals surface area contributed by atoms with Gasteiger partial charge >= 0.3 is 0 Å². The quantitative estimate of drug-likeness (QED) is 0.856. The predicted octanol–water partition coefficient (Wildman–Crippen LogP) is 2.61. The highest BCUT2D eigenvalue weighted by Gasteiger charge is 2.73. The second-order valence-electron chi connectivity index (χ2n) is 10.9. The summed E-state index contributed by atoms with van der Waals surface area (Å²) in [7, 11) is 0. The van der Waals surface area contributed by atoms with Crippen molar-refractivity contribution in [1.82, 2.24) is 4.90 Å². The number of carbonyl (C=O) groups excluding carboxylic acids is 1. The Hall–Kier alpha value is -1.43. The van der Waals surface area contributed by atoms with Crippen molar-refractivity contribution in [2.24, 2.45) is 23.0 Å². The Bertz CT molecular complexity index is 905. The Labute approximate surface area is 171 Å². The number of amides is 1. The first-order chi connectivity index (χ1) is 14.0. The summed E-state index contributed by atoms with van der Waals surface area (Å²) in [5.74, 6) is 0.832. The van der Waals surface area contributed by atoms with Crippen LogP contribution in [-0.2, 0) is 21.3 Å². The number of hydrogen-bond acceptors (Lipinski definition) is 4. The highest BCUT2D eigenvalue weighted by Crippen LogP contribution is 2.71. The molecule has 1 unspecified atom stereocenters. The Morgan fingerprint density at radius 2 is 2.00 bits per heavy atom. The van der Waals surface area contributed by atoms with Crippen LogP contribution in [0.3, 0.4) is 0 Å². The molecule has 2 bridgehead atoms. The zero-order valence-electron chi connectivity index (χ0n) is 17.0. The minimum atomic E-state index is -0.417. The SMILES string of the molecule is NC(=O)c1ccc2c(c1)[C@@]13CC4(CC[C@H]1[C@@H]1N(CC5CC5)CC1(C2)C3)OCCO4. The molecule has 1 aromatic carbocycles. The maximum absolute atomic E-state index is 12.0. The molecule has 2 aliphatic heterocycles. The Morgan fingerprint density at radius 1 is 1.17 bits per heavy atom. The van der Waals surface area contributed by atoms with E-state index >= 15 is 0 Å². The highest BCUT2D eigenvalue weighted by atomic mass is 16.7. The van der Waals surface area contributed by atoms with Gasteiger partial charge in [0.05, 0.1) is 13.2 Å². The van der Waals surface area contributed by atoms with Gasteiger partial charge in [-0.05, 0) is 67.2 Å². The van der Waals surface area contributed by atoms with Crippen molar-refractivity contribution < 1.29 is 14.3 Å². The van der Waals surface area contributed by atoms with Gasteiger partial charge < -0.3 is 15.2 Å². The summed E-state index contributed by atoms with van der Waals surface area (Å²) in [6.45, 7) is 3.95. The Morgan fingerprint density at radius 3 is 2.76 bits per heavy atom. The van der Waals surface area contributed by atoms with Gasteiger partial charge in [0.2, 0.25) is 5.91 Å². The smallest absolute Gasteiger partial charge is 0.248 e. The van der Waals surface area contributed by atoms with Crippen molar-refractivity contribution in [1.29, 1.82) is 0 Å². The maximum atomic E-state index is 12.0. The van der Waals surface area contributed by atoms with Gasteiger partial charge in [-0.3, -0.25) is 9.69 Å². The van der Waals surface area contributed by atoms with Crippen LogP contribution in [0.2, 0.25) is 0 Å². The van der Waals surface area contributed by atoms with Gasteiger partial charge in [-0.2, -0.15) is 0 Å². The number of rotatable bonds is 3. The van der Waals surface area contributed by atoms with Crippen LogP contribution in [-0.4, -0.2) is 48.9 Å². The molecular formula is C24H30N2O3. The van der Waals surface area contributed by atoms with E-state index in [1.165, 1.54) is 43.5 Å². The molecule has 1 amide bonds. The molecule has 0 aromatic heterocycles. The molecule has 2 N–H and O–H groups in total. The molecule has 5 fully saturated rings. The molecule has 4 atom stereocenters. The van der Waals surface area contributed by atoms with Crippen molar-refractivity contribution in [2.45, 2.75) is 62.2 Å². The number of ether oxygens (including phenoxy) is 2. The molecule has 3 saturated carbocycles. The van der Waals surface area contributed by atoms with Crippen LogP contribution in [0.15, 0.2) is 18.2 Å². The van der Waals surface area contributed by atoms with Crippen LogP contribution < -0.4 is 5.73 Å². The molecule has 29 heavy (non-hydrogen) atoms. The van der Waals surface area contributed by atoms with Crippen LogP contribution in [0.4, 0.5) is 0 Å². The number of benzene rings is 1. The summed E-state index contributed by atoms with van der Waals surface area (Å²) in [5, 5.41) is 0. The van der Waals surface area contributed by atoms with E-state index in [1.807, 2.05) is 6.07 Å². The molecular weight excluding hydrogens is 364 g/mol. The van der Waals surface area contributed by atoms with Crippen molar-refractivity contribution in [3.63, 3.8) is 0 Å². The third-order valence-electron chi connectivity index (χ3n) is 9.19. The summed E-state index contributed by atoms with van der Waals surface area (Å²) in [6.07, 6.45) is 8.32. The average Bonchev–Trinajstić information content (AvgIpc) is 3.36. The number of carbonyl (C=O) groups is 1. The Balaban J connectivity index is 1.36. The van der Waals surface area contributed by atoms with Crippen LogP contribution >= 0.6 is 0 Å². The van der Waals surface area contributed by atoms with Gasteiger partial charge in [-0.15, -0.1) is 0 Å². The lowest BCUT2D eigenvalue weighted by atomic mass is 9.58. The van der Waals surface area contributed by atoms with E-state index in [-0.39, 0.29) is 11.3 Å². The molecule has 6 aliphatic rings. The molecule has 1 aromatic rings. The minimum absolute atomic E-state index is 0.0601. The first-order valence-corrected chi connectivity index (χ1v) is 11.5. The van der Waals surface area contributed by atoms with Gasteiger partial charge in [0, 0.05) is 48.4 Å². The summed E-state index contributed by atoms with van der Waals surface area (Å²) in [4.78, 5) is 14.8. The van der Waals surface area contributed by atoms with Crippen LogP contribution in [0.5, 0.6) is 0 Å². The summed E-state index contributed by atoms with van der Waals surface area (Å²) >= 11 is 0. The van der Waals surface area contributed by atoms with Crippen LogP contribution in [0.1, 0.15) is 60.0 Å². The van der Waals surface area contributed by atoms with Crippen LogP contribution in [0, 0.1) is 17.3 Å². The molecule has 0 radical (unpaired) electrons. The molecule has 7 rings (SSSR count). The third kappa shape index (κ3) is 2.19. The first kappa shape index (κ1) is 17.3. The van der Waals surface area contributed by atoms with Gasteiger partial charge in [0.1, 0.15) is 0 Å². The number of likely N-dealkylation sites (tertiary alicyclic amines) is 1. The van der Waals surface area contributed by atoms with E-state index in [0.717, 1.165) is 31.6 Å². The lowest BCUT2D eigenvalue weighted by molar-refractivity contribution is -0.200. The van der Waals surface area contributed by atoms with Gasteiger partial charge in [-0.1, -0.05) is 6.07 Å². The number of hydrogen-bond donors (Lipinski definition) is 1. The second kappa shape index (κ2) is 5.43. The standard InChI is InChI=1S/C24H30N2O3/c25-21(27)16-3-4-17-10-22-12-23(19(17)9-16)13-24(28-7-8-29-24)6-5-18(23)20(22)26(14-22)11-15-1-2-15/h3-4,9,15,18,20H,1-2,5-8,10-14H2,(H2,25,27)/t18-,20-,22?,23-/m0/s1. The molecule has 5 nitrogen and oxygen atoms in total. The lowest BCUT2D eigenvalue weighted by Crippen LogP contribution is -2.65. The largest absolute Gasteiger partial charge is 0.366 e. The zero-order chi connectivity index (χ0) is 19.4. The van der Waals surface area contributed by atoms with E-state index in [4.69, 9.17) is 15.2 Å². The first-order valence-electron chi connectivity index (χ1n) is 11.5. The summed E-state index contributed by atoms with van der Waals surface area (Å²) in [5.41, 5.74) is 9.61. The maximum Gasteiger partial charge on any atom is 0.248 e. The van der Waals surface area contributed by atoms with E-state index < -0.39 is 5.79 Å². The summed E-state index contributed by atoms with van der Waals surface area (Å²) < 4.78 is 12.5. The fourth-order valence-corrected chi connectivity index (χ4v) is 8.24. The van der Waals surface area contributed by atoms with E-state index in [0.29, 0.717) is 36.2 Å². The number of nitrogens with two attached hydrogens (primary N) is 1. The van der Waals surface area contributed by atoms with Crippen molar-refractivity contribution in [2.75, 3.05) is 26.3 Å². The number of fused-ring (bicyclic) bond motifs is 2. The number of nitrogens with zero attached hydrogens (tertiary/aromatic N) is 1. The Kier molecular flexibility index (Phi) is 3.23. The van der Waals surface area contributed by atoms with Gasteiger partial charge in [0.15, 0.2) is 5.79 Å². The number of primary amides is 1. The van der Waals surface area contributed by atoms with Crippen molar-refractivity contribution in [3.05, 3.63) is 34.9 Å². The molecule has 154 valence electrons. The predicted molar refractivity (Wildman–Crippen MR) is 107 cm³/mol. The van der Waals surface area contributed by atoms with Crippen LogP contribution in [0.25, 0.3) is 0 Å². The van der Waals surface area contributed by atoms with Crippen molar-refractivity contribution in [3.8, 4) is 0 Å². The average molecular weight is 395 g/mol. The monoisotopic (exact) mass is 394 g/mol. The molecule has 2 saturated heterocycles. The summed E-state index contributed by atoms with van der Waals surface area (Å²) in [6, 6.07) is 6.94. The van der Waals surface area contributed by atoms with Gasteiger partial charge in [-0.25, -0.2) is 0 Å². The van der Waals surface area contributed by atoms with Crippen molar-refractivity contribution >= 4 is 5.91 Å². The second-order valence-corrected chi connectivity index (χ2v) is 10.9. The van der Waals surface area contributed by atoms with E-state index in [9.17, 15) is 4.79 Å². The topological polar surface area (TPSA) is 64.8 Å². The highest BCUT2D eigenvalue weighted by molar-refractivity contribution is 5.93. The molecule has 4 aliphatic carbocycles. The third-order valence-corrected chi connectivity index (χ3v) is 9.19. The molecule has 3 spiro atoms. The van der Waals surface area contributed by atoms with Gasteiger partial charge in [0.25, 0.3) is 0 Å². The van der Waals surface area contributed by atoms with E-state index in [1.54, 1.807) is 0 Å². The van der Waals surface area contributed by atoms with E-state index in [2.05, 4.69) is 17.0 Å². The lowest BCUT2D eigenvalue weighted by Gasteiger charge is -2.57. The minimum Gasteiger partial charge on any atom is -0.366 e. The molecule has 5 heteroatoms.